The van der Waals surface area contributed by atoms with Gasteiger partial charge in [-0.1, -0.05) is 43.0 Å². The second kappa shape index (κ2) is 6.31. The van der Waals surface area contributed by atoms with Crippen LogP contribution in [0.5, 0.6) is 0 Å². The molecule has 0 bridgehead atoms. The maximum Gasteiger partial charge on any atom is 0.111 e. The lowest BCUT2D eigenvalue weighted by Gasteiger charge is -2.24. The summed E-state index contributed by atoms with van der Waals surface area (Å²) in [5, 5.41) is 10.7. The zero-order valence-corrected chi connectivity index (χ0v) is 10.3. The van der Waals surface area contributed by atoms with E-state index in [-0.39, 0.29) is 0 Å². The summed E-state index contributed by atoms with van der Waals surface area (Å²) in [4.78, 5) is 0. The van der Waals surface area contributed by atoms with Crippen LogP contribution in [0, 0.1) is 0 Å². The van der Waals surface area contributed by atoms with Crippen LogP contribution in [-0.2, 0) is 5.60 Å². The highest BCUT2D eigenvalue weighted by atomic mass is 35.5. The molecule has 1 unspecified atom stereocenters. The first-order chi connectivity index (χ1) is 7.48. The Balaban J connectivity index is 0.00000106. The van der Waals surface area contributed by atoms with Crippen LogP contribution in [0.25, 0.3) is 0 Å². The third kappa shape index (κ3) is 3.37. The average molecular weight is 237 g/mol. The van der Waals surface area contributed by atoms with E-state index in [0.717, 1.165) is 5.56 Å². The number of benzene rings is 1. The molecule has 1 nitrogen and oxygen atoms in total. The van der Waals surface area contributed by atoms with Gasteiger partial charge in [0.05, 0.1) is 0 Å². The molecule has 1 rings (SSSR count). The smallest absolute Gasteiger partial charge is 0.111 e. The fourth-order valence-electron chi connectivity index (χ4n) is 1.18. The van der Waals surface area contributed by atoms with Gasteiger partial charge in [-0.2, -0.15) is 0 Å². The Morgan fingerprint density at radius 1 is 1.44 bits per heavy atom. The average Bonchev–Trinajstić information content (AvgIpc) is 2.30. The standard InChI is InChI=1S/C12H13ClO.C2H4/c1-4-9(2)12(3,14)10-6-5-7-11(13)8-10;1-2/h4-8,14H,1-2H2,3H3;1-2H2. The molecule has 0 fully saturated rings. The van der Waals surface area contributed by atoms with E-state index in [0.29, 0.717) is 10.6 Å². The van der Waals surface area contributed by atoms with E-state index in [9.17, 15) is 5.11 Å². The minimum Gasteiger partial charge on any atom is -0.381 e. The molecule has 0 saturated carbocycles. The van der Waals surface area contributed by atoms with Crippen LogP contribution in [0.4, 0.5) is 0 Å². The molecule has 1 aromatic rings. The Morgan fingerprint density at radius 3 is 2.44 bits per heavy atom. The normalized spacial score (nSPS) is 12.9. The van der Waals surface area contributed by atoms with Gasteiger partial charge in [0, 0.05) is 5.02 Å². The van der Waals surface area contributed by atoms with Gasteiger partial charge in [0.1, 0.15) is 5.60 Å². The Labute approximate surface area is 102 Å². The minimum atomic E-state index is -1.10. The van der Waals surface area contributed by atoms with Gasteiger partial charge < -0.3 is 5.11 Å². The molecule has 1 aromatic carbocycles. The molecular weight excluding hydrogens is 220 g/mol. The molecule has 86 valence electrons. The predicted octanol–water partition coefficient (Wildman–Crippen LogP) is 4.09. The van der Waals surface area contributed by atoms with E-state index in [1.165, 1.54) is 0 Å². The topological polar surface area (TPSA) is 20.2 Å². The molecule has 0 aromatic heterocycles. The summed E-state index contributed by atoms with van der Waals surface area (Å²) < 4.78 is 0. The van der Waals surface area contributed by atoms with Gasteiger partial charge in [-0.05, 0) is 30.2 Å². The van der Waals surface area contributed by atoms with Crippen LogP contribution in [0.3, 0.4) is 0 Å². The second-order valence-electron chi connectivity index (χ2n) is 3.31. The third-order valence-electron chi connectivity index (χ3n) is 2.26. The summed E-state index contributed by atoms with van der Waals surface area (Å²) in [5.74, 6) is 0. The first-order valence-electron chi connectivity index (χ1n) is 4.78. The largest absolute Gasteiger partial charge is 0.381 e. The molecule has 2 heteroatoms. The van der Waals surface area contributed by atoms with Crippen LogP contribution < -0.4 is 0 Å². The maximum atomic E-state index is 10.1. The van der Waals surface area contributed by atoms with Crippen LogP contribution in [-0.4, -0.2) is 5.11 Å². The summed E-state index contributed by atoms with van der Waals surface area (Å²) in [6.07, 6.45) is 1.54. The Morgan fingerprint density at radius 2 is 2.00 bits per heavy atom. The van der Waals surface area contributed by atoms with Gasteiger partial charge >= 0.3 is 0 Å². The molecule has 1 atom stereocenters. The van der Waals surface area contributed by atoms with Crippen LogP contribution in [0.1, 0.15) is 12.5 Å². The van der Waals surface area contributed by atoms with Gasteiger partial charge in [-0.25, -0.2) is 0 Å². The lowest BCUT2D eigenvalue weighted by Crippen LogP contribution is -2.22. The second-order valence-corrected chi connectivity index (χ2v) is 3.75. The van der Waals surface area contributed by atoms with E-state index in [1.807, 2.05) is 0 Å². The molecule has 0 amide bonds. The highest BCUT2D eigenvalue weighted by molar-refractivity contribution is 6.30. The summed E-state index contributed by atoms with van der Waals surface area (Å²) in [7, 11) is 0. The van der Waals surface area contributed by atoms with Crippen molar-refractivity contribution >= 4 is 11.6 Å². The van der Waals surface area contributed by atoms with E-state index >= 15 is 0 Å². The summed E-state index contributed by atoms with van der Waals surface area (Å²) in [6, 6.07) is 7.08. The molecular formula is C14H17ClO. The number of halogens is 1. The van der Waals surface area contributed by atoms with Crippen molar-refractivity contribution in [2.75, 3.05) is 0 Å². The van der Waals surface area contributed by atoms with Gasteiger partial charge in [-0.15, -0.1) is 13.2 Å². The van der Waals surface area contributed by atoms with Gasteiger partial charge in [0.2, 0.25) is 0 Å². The molecule has 0 aliphatic rings. The van der Waals surface area contributed by atoms with Crippen LogP contribution >= 0.6 is 11.6 Å². The van der Waals surface area contributed by atoms with E-state index < -0.39 is 5.60 Å². The Kier molecular flexibility index (Phi) is 5.79. The lowest BCUT2D eigenvalue weighted by atomic mass is 9.89. The van der Waals surface area contributed by atoms with E-state index in [4.69, 9.17) is 11.6 Å². The lowest BCUT2D eigenvalue weighted by molar-refractivity contribution is 0.102. The Bertz CT molecular complexity index is 380. The monoisotopic (exact) mass is 236 g/mol. The van der Waals surface area contributed by atoms with Crippen molar-refractivity contribution in [3.8, 4) is 0 Å². The van der Waals surface area contributed by atoms with Crippen molar-refractivity contribution in [3.63, 3.8) is 0 Å². The number of hydrogen-bond donors (Lipinski definition) is 1. The summed E-state index contributed by atoms with van der Waals surface area (Å²) >= 11 is 5.83. The molecule has 0 spiro atoms. The van der Waals surface area contributed by atoms with E-state index in [1.54, 1.807) is 37.3 Å². The maximum absolute atomic E-state index is 10.1. The number of hydrogen-bond acceptors (Lipinski definition) is 1. The molecule has 0 saturated heterocycles. The van der Waals surface area contributed by atoms with Crippen LogP contribution in [0.15, 0.2) is 62.2 Å². The zero-order valence-electron chi connectivity index (χ0n) is 9.54. The first kappa shape index (κ1) is 14.7. The fraction of sp³-hybridized carbons (Fsp3) is 0.143. The van der Waals surface area contributed by atoms with Gasteiger partial charge in [0.15, 0.2) is 0 Å². The molecule has 1 N–H and O–H groups in total. The summed E-state index contributed by atoms with van der Waals surface area (Å²) in [5.41, 5.74) is 0.168. The zero-order chi connectivity index (χ0) is 12.8. The van der Waals surface area contributed by atoms with Crippen molar-refractivity contribution in [2.45, 2.75) is 12.5 Å². The van der Waals surface area contributed by atoms with Crippen molar-refractivity contribution in [2.24, 2.45) is 0 Å². The first-order valence-corrected chi connectivity index (χ1v) is 5.16. The fourth-order valence-corrected chi connectivity index (χ4v) is 1.37. The third-order valence-corrected chi connectivity index (χ3v) is 2.49. The van der Waals surface area contributed by atoms with E-state index in [2.05, 4.69) is 26.3 Å². The van der Waals surface area contributed by atoms with Crippen molar-refractivity contribution in [3.05, 3.63) is 72.8 Å². The number of aliphatic hydroxyl groups is 1. The van der Waals surface area contributed by atoms with Gasteiger partial charge in [0.25, 0.3) is 0 Å². The highest BCUT2D eigenvalue weighted by Crippen LogP contribution is 2.29. The van der Waals surface area contributed by atoms with Gasteiger partial charge in [-0.3, -0.25) is 0 Å². The molecule has 0 radical (unpaired) electrons. The predicted molar refractivity (Wildman–Crippen MR) is 71.6 cm³/mol. The number of rotatable bonds is 3. The molecule has 16 heavy (non-hydrogen) atoms. The quantitative estimate of drug-likeness (QED) is 0.619. The summed E-state index contributed by atoms with van der Waals surface area (Å²) in [6.45, 7) is 15.0. The van der Waals surface area contributed by atoms with Crippen molar-refractivity contribution in [1.82, 2.24) is 0 Å². The van der Waals surface area contributed by atoms with Crippen LogP contribution in [0.2, 0.25) is 5.02 Å². The van der Waals surface area contributed by atoms with Crippen molar-refractivity contribution in [1.29, 1.82) is 0 Å². The Hall–Kier alpha value is -1.31. The minimum absolute atomic E-state index is 0.555. The molecule has 0 aliphatic carbocycles. The highest BCUT2D eigenvalue weighted by Gasteiger charge is 2.24. The van der Waals surface area contributed by atoms with Crippen molar-refractivity contribution < 1.29 is 5.11 Å². The molecule has 0 heterocycles. The SMILES string of the molecule is C=C.C=CC(=C)C(C)(O)c1cccc(Cl)c1. The molecule has 0 aliphatic heterocycles.